The standard InChI is InChI=1S/C12H20N4S.HI/c1-10(17-3)8-15-12(13-2)16-9-11-6-4-5-7-14-11;/h4-7,10H,8-9H2,1-3H3,(H2,13,15,16);1H. The quantitative estimate of drug-likeness (QED) is 0.467. The molecule has 0 aromatic carbocycles. The van der Waals surface area contributed by atoms with Crippen LogP contribution in [0.15, 0.2) is 29.4 Å². The van der Waals surface area contributed by atoms with Crippen molar-refractivity contribution in [3.8, 4) is 0 Å². The fourth-order valence-electron chi connectivity index (χ4n) is 1.22. The summed E-state index contributed by atoms with van der Waals surface area (Å²) in [5, 5.41) is 7.09. The Bertz CT molecular complexity index is 345. The first-order valence-electron chi connectivity index (χ1n) is 5.63. The molecule has 0 radical (unpaired) electrons. The number of aliphatic imine (C=N–C) groups is 1. The third kappa shape index (κ3) is 7.05. The topological polar surface area (TPSA) is 49.3 Å². The molecule has 1 unspecified atom stereocenters. The molecule has 2 N–H and O–H groups in total. The second-order valence-electron chi connectivity index (χ2n) is 3.67. The van der Waals surface area contributed by atoms with Crippen molar-refractivity contribution in [2.45, 2.75) is 18.7 Å². The molecule has 0 aliphatic heterocycles. The molecule has 0 amide bonds. The molecule has 4 nitrogen and oxygen atoms in total. The van der Waals surface area contributed by atoms with E-state index in [0.717, 1.165) is 18.2 Å². The van der Waals surface area contributed by atoms with Crippen molar-refractivity contribution < 1.29 is 0 Å². The van der Waals surface area contributed by atoms with Crippen molar-refractivity contribution in [2.75, 3.05) is 19.8 Å². The van der Waals surface area contributed by atoms with Crippen LogP contribution < -0.4 is 10.6 Å². The maximum Gasteiger partial charge on any atom is 0.191 e. The summed E-state index contributed by atoms with van der Waals surface area (Å²) in [6.45, 7) is 3.78. The zero-order valence-electron chi connectivity index (χ0n) is 11.0. The highest BCUT2D eigenvalue weighted by Gasteiger charge is 2.02. The molecule has 1 aromatic heterocycles. The number of aromatic nitrogens is 1. The monoisotopic (exact) mass is 380 g/mol. The highest BCUT2D eigenvalue weighted by atomic mass is 127. The Morgan fingerprint density at radius 2 is 2.22 bits per heavy atom. The molecular formula is C12H21IN4S. The van der Waals surface area contributed by atoms with Gasteiger partial charge < -0.3 is 10.6 Å². The van der Waals surface area contributed by atoms with Gasteiger partial charge in [0.05, 0.1) is 12.2 Å². The third-order valence-corrected chi connectivity index (χ3v) is 3.32. The lowest BCUT2D eigenvalue weighted by atomic mass is 10.3. The summed E-state index contributed by atoms with van der Waals surface area (Å²) in [5.74, 6) is 0.816. The van der Waals surface area contributed by atoms with Gasteiger partial charge in [0.2, 0.25) is 0 Å². The molecule has 6 heteroatoms. The Kier molecular flexibility index (Phi) is 10.1. The lowest BCUT2D eigenvalue weighted by Gasteiger charge is -2.14. The number of nitrogens with zero attached hydrogens (tertiary/aromatic N) is 2. The first-order chi connectivity index (χ1) is 8.26. The maximum atomic E-state index is 4.25. The molecule has 0 spiro atoms. The molecule has 1 aromatic rings. The lowest BCUT2D eigenvalue weighted by molar-refractivity contribution is 0.780. The zero-order valence-corrected chi connectivity index (χ0v) is 14.2. The van der Waals surface area contributed by atoms with E-state index < -0.39 is 0 Å². The highest BCUT2D eigenvalue weighted by Crippen LogP contribution is 2.02. The Balaban J connectivity index is 0.00000289. The molecule has 18 heavy (non-hydrogen) atoms. The summed E-state index contributed by atoms with van der Waals surface area (Å²) >= 11 is 1.83. The predicted octanol–water partition coefficient (Wildman–Crippen LogP) is 2.12. The Labute approximate surface area is 130 Å². The smallest absolute Gasteiger partial charge is 0.191 e. The summed E-state index contributed by atoms with van der Waals surface area (Å²) in [6.07, 6.45) is 3.90. The SMILES string of the molecule is CN=C(NCc1ccccn1)NCC(C)SC.I. The van der Waals surface area contributed by atoms with Gasteiger partial charge in [0.25, 0.3) is 0 Å². The molecule has 0 aliphatic rings. The number of hydrogen-bond acceptors (Lipinski definition) is 3. The van der Waals surface area contributed by atoms with Crippen LogP contribution in [0, 0.1) is 0 Å². The molecule has 102 valence electrons. The molecule has 0 saturated heterocycles. The van der Waals surface area contributed by atoms with Crippen LogP contribution in [-0.2, 0) is 6.54 Å². The van der Waals surface area contributed by atoms with Gasteiger partial charge in [-0.05, 0) is 18.4 Å². The van der Waals surface area contributed by atoms with E-state index in [0.29, 0.717) is 11.8 Å². The van der Waals surface area contributed by atoms with Crippen molar-refractivity contribution in [3.05, 3.63) is 30.1 Å². The molecule has 1 heterocycles. The normalized spacial score (nSPS) is 12.5. The van der Waals surface area contributed by atoms with E-state index in [1.165, 1.54) is 0 Å². The number of rotatable bonds is 5. The lowest BCUT2D eigenvalue weighted by Crippen LogP contribution is -2.39. The summed E-state index contributed by atoms with van der Waals surface area (Å²) < 4.78 is 0. The van der Waals surface area contributed by atoms with Crippen LogP contribution in [0.4, 0.5) is 0 Å². The van der Waals surface area contributed by atoms with Crippen molar-refractivity contribution >= 4 is 41.7 Å². The van der Waals surface area contributed by atoms with E-state index >= 15 is 0 Å². The molecular weight excluding hydrogens is 359 g/mol. The molecule has 0 fully saturated rings. The maximum absolute atomic E-state index is 4.25. The first kappa shape index (κ1) is 17.5. The van der Waals surface area contributed by atoms with Gasteiger partial charge in [-0.3, -0.25) is 9.98 Å². The number of guanidine groups is 1. The van der Waals surface area contributed by atoms with Crippen molar-refractivity contribution in [3.63, 3.8) is 0 Å². The minimum absolute atomic E-state index is 0. The van der Waals surface area contributed by atoms with Gasteiger partial charge in [-0.25, -0.2) is 0 Å². The minimum Gasteiger partial charge on any atom is -0.355 e. The van der Waals surface area contributed by atoms with E-state index in [1.54, 1.807) is 13.2 Å². The van der Waals surface area contributed by atoms with Crippen LogP contribution in [0.1, 0.15) is 12.6 Å². The molecule has 1 atom stereocenters. The first-order valence-corrected chi connectivity index (χ1v) is 6.92. The highest BCUT2D eigenvalue weighted by molar-refractivity contribution is 14.0. The van der Waals surface area contributed by atoms with Crippen LogP contribution in [-0.4, -0.2) is 36.0 Å². The van der Waals surface area contributed by atoms with Crippen molar-refractivity contribution in [2.24, 2.45) is 4.99 Å². The van der Waals surface area contributed by atoms with Crippen LogP contribution >= 0.6 is 35.7 Å². The second kappa shape index (κ2) is 10.4. The fourth-order valence-corrected chi connectivity index (χ4v) is 1.47. The van der Waals surface area contributed by atoms with Crippen LogP contribution in [0.3, 0.4) is 0 Å². The van der Waals surface area contributed by atoms with Gasteiger partial charge in [-0.15, -0.1) is 24.0 Å². The van der Waals surface area contributed by atoms with Gasteiger partial charge >= 0.3 is 0 Å². The Hall–Kier alpha value is -0.500. The number of pyridine rings is 1. The van der Waals surface area contributed by atoms with E-state index in [9.17, 15) is 0 Å². The number of nitrogens with one attached hydrogen (secondary N) is 2. The van der Waals surface area contributed by atoms with Gasteiger partial charge in [0, 0.05) is 25.0 Å². The van der Waals surface area contributed by atoms with Gasteiger partial charge in [0.1, 0.15) is 0 Å². The van der Waals surface area contributed by atoms with E-state index in [-0.39, 0.29) is 24.0 Å². The Morgan fingerprint density at radius 3 is 2.78 bits per heavy atom. The average Bonchev–Trinajstić information content (AvgIpc) is 2.39. The minimum atomic E-state index is 0. The van der Waals surface area contributed by atoms with E-state index in [1.807, 2.05) is 30.0 Å². The van der Waals surface area contributed by atoms with Gasteiger partial charge in [0.15, 0.2) is 5.96 Å². The molecule has 1 rings (SSSR count). The second-order valence-corrected chi connectivity index (χ2v) is 4.95. The zero-order chi connectivity index (χ0) is 12.5. The fraction of sp³-hybridized carbons (Fsp3) is 0.500. The van der Waals surface area contributed by atoms with Gasteiger partial charge in [-0.1, -0.05) is 13.0 Å². The summed E-state index contributed by atoms with van der Waals surface area (Å²) in [4.78, 5) is 8.41. The molecule has 0 bridgehead atoms. The summed E-state index contributed by atoms with van der Waals surface area (Å²) in [5.41, 5.74) is 1.01. The summed E-state index contributed by atoms with van der Waals surface area (Å²) in [7, 11) is 1.78. The van der Waals surface area contributed by atoms with E-state index in [2.05, 4.69) is 33.8 Å². The predicted molar refractivity (Wildman–Crippen MR) is 90.8 cm³/mol. The summed E-state index contributed by atoms with van der Waals surface area (Å²) in [6, 6.07) is 5.89. The molecule has 0 saturated carbocycles. The largest absolute Gasteiger partial charge is 0.355 e. The number of halogens is 1. The van der Waals surface area contributed by atoms with Crippen LogP contribution in [0.25, 0.3) is 0 Å². The number of thioether (sulfide) groups is 1. The van der Waals surface area contributed by atoms with Crippen molar-refractivity contribution in [1.82, 2.24) is 15.6 Å². The Morgan fingerprint density at radius 1 is 1.44 bits per heavy atom. The number of hydrogen-bond donors (Lipinski definition) is 2. The third-order valence-electron chi connectivity index (χ3n) is 2.35. The van der Waals surface area contributed by atoms with Gasteiger partial charge in [-0.2, -0.15) is 11.8 Å². The van der Waals surface area contributed by atoms with Crippen LogP contribution in [0.5, 0.6) is 0 Å². The average molecular weight is 380 g/mol. The van der Waals surface area contributed by atoms with Crippen molar-refractivity contribution in [1.29, 1.82) is 0 Å². The van der Waals surface area contributed by atoms with Crippen LogP contribution in [0.2, 0.25) is 0 Å². The molecule has 0 aliphatic carbocycles. The van der Waals surface area contributed by atoms with E-state index in [4.69, 9.17) is 0 Å².